The van der Waals surface area contributed by atoms with Gasteiger partial charge in [0.1, 0.15) is 0 Å². The summed E-state index contributed by atoms with van der Waals surface area (Å²) < 4.78 is 0. The van der Waals surface area contributed by atoms with Crippen molar-refractivity contribution in [1.29, 1.82) is 0 Å². The van der Waals surface area contributed by atoms with Gasteiger partial charge < -0.3 is 10.6 Å². The molecule has 6 heteroatoms. The third-order valence-electron chi connectivity index (χ3n) is 3.25. The van der Waals surface area contributed by atoms with E-state index in [9.17, 15) is 9.59 Å². The van der Waals surface area contributed by atoms with Crippen LogP contribution in [0, 0.1) is 13.8 Å². The molecule has 0 aromatic heterocycles. The van der Waals surface area contributed by atoms with Crippen molar-refractivity contribution in [3.05, 3.63) is 63.1 Å². The zero-order valence-corrected chi connectivity index (χ0v) is 14.3. The molecule has 0 saturated heterocycles. The van der Waals surface area contributed by atoms with Gasteiger partial charge in [-0.25, -0.2) is 0 Å². The zero-order valence-electron chi connectivity index (χ0n) is 12.7. The maximum absolute atomic E-state index is 12.0. The fourth-order valence-electron chi connectivity index (χ4n) is 2.05. The molecule has 2 aromatic carbocycles. The van der Waals surface area contributed by atoms with E-state index in [1.165, 1.54) is 12.1 Å². The van der Waals surface area contributed by atoms with E-state index in [0.29, 0.717) is 15.6 Å². The van der Waals surface area contributed by atoms with Crippen LogP contribution in [0.15, 0.2) is 36.4 Å². The van der Waals surface area contributed by atoms with Crippen LogP contribution in [0.5, 0.6) is 0 Å². The van der Waals surface area contributed by atoms with E-state index in [0.717, 1.165) is 16.8 Å². The zero-order chi connectivity index (χ0) is 17.0. The molecule has 2 amide bonds. The Bertz CT molecular complexity index is 760. The lowest BCUT2D eigenvalue weighted by molar-refractivity contribution is -0.115. The molecule has 2 aromatic rings. The van der Waals surface area contributed by atoms with Gasteiger partial charge in [-0.05, 0) is 43.7 Å². The topological polar surface area (TPSA) is 58.2 Å². The summed E-state index contributed by atoms with van der Waals surface area (Å²) in [5.41, 5.74) is 3.16. The smallest absolute Gasteiger partial charge is 0.251 e. The van der Waals surface area contributed by atoms with Crippen molar-refractivity contribution in [3.8, 4) is 0 Å². The Balaban J connectivity index is 1.93. The molecule has 0 fully saturated rings. The predicted molar refractivity (Wildman–Crippen MR) is 93.3 cm³/mol. The molecule has 0 bridgehead atoms. The van der Waals surface area contributed by atoms with E-state index < -0.39 is 0 Å². The van der Waals surface area contributed by atoms with Crippen molar-refractivity contribution >= 4 is 40.7 Å². The highest BCUT2D eigenvalue weighted by atomic mass is 35.5. The first-order valence-corrected chi connectivity index (χ1v) is 7.73. The number of hydrogen-bond donors (Lipinski definition) is 2. The van der Waals surface area contributed by atoms with Crippen LogP contribution in [0.3, 0.4) is 0 Å². The largest absolute Gasteiger partial charge is 0.343 e. The molecule has 23 heavy (non-hydrogen) atoms. The lowest BCUT2D eigenvalue weighted by Gasteiger charge is -2.10. The quantitative estimate of drug-likeness (QED) is 0.875. The first-order chi connectivity index (χ1) is 10.9. The first kappa shape index (κ1) is 17.3. The molecule has 0 aliphatic carbocycles. The maximum Gasteiger partial charge on any atom is 0.251 e. The number of amides is 2. The van der Waals surface area contributed by atoms with Gasteiger partial charge in [0, 0.05) is 11.3 Å². The number of nitrogens with one attached hydrogen (secondary N) is 2. The van der Waals surface area contributed by atoms with Crippen molar-refractivity contribution in [2.24, 2.45) is 0 Å². The molecule has 0 unspecified atom stereocenters. The van der Waals surface area contributed by atoms with Gasteiger partial charge in [-0.1, -0.05) is 40.9 Å². The average molecular weight is 351 g/mol. The van der Waals surface area contributed by atoms with Gasteiger partial charge in [0.05, 0.1) is 16.6 Å². The lowest BCUT2D eigenvalue weighted by atomic mass is 10.1. The molecule has 2 N–H and O–H groups in total. The monoisotopic (exact) mass is 350 g/mol. The van der Waals surface area contributed by atoms with Gasteiger partial charge in [-0.15, -0.1) is 0 Å². The van der Waals surface area contributed by atoms with Gasteiger partial charge in [-0.2, -0.15) is 0 Å². The van der Waals surface area contributed by atoms with Gasteiger partial charge in [-0.3, -0.25) is 9.59 Å². The molecule has 0 aliphatic heterocycles. The molecular formula is C17H16Cl2N2O2. The Morgan fingerprint density at radius 3 is 2.39 bits per heavy atom. The summed E-state index contributed by atoms with van der Waals surface area (Å²) in [6.07, 6.45) is 0. The van der Waals surface area contributed by atoms with Crippen molar-refractivity contribution in [2.45, 2.75) is 13.8 Å². The second-order valence-electron chi connectivity index (χ2n) is 5.18. The molecule has 0 radical (unpaired) electrons. The Morgan fingerprint density at radius 1 is 1.00 bits per heavy atom. The van der Waals surface area contributed by atoms with Crippen LogP contribution in [0.25, 0.3) is 0 Å². The molecule has 0 heterocycles. The summed E-state index contributed by atoms with van der Waals surface area (Å²) in [6.45, 7) is 3.76. The Kier molecular flexibility index (Phi) is 5.64. The highest BCUT2D eigenvalue weighted by molar-refractivity contribution is 6.42. The third kappa shape index (κ3) is 4.71. The van der Waals surface area contributed by atoms with Gasteiger partial charge >= 0.3 is 0 Å². The molecular weight excluding hydrogens is 335 g/mol. The summed E-state index contributed by atoms with van der Waals surface area (Å²) >= 11 is 11.7. The summed E-state index contributed by atoms with van der Waals surface area (Å²) in [5, 5.41) is 5.97. The van der Waals surface area contributed by atoms with Crippen molar-refractivity contribution in [2.75, 3.05) is 11.9 Å². The molecule has 0 spiro atoms. The normalized spacial score (nSPS) is 10.3. The summed E-state index contributed by atoms with van der Waals surface area (Å²) in [4.78, 5) is 23.9. The van der Waals surface area contributed by atoms with Crippen LogP contribution in [-0.4, -0.2) is 18.4 Å². The van der Waals surface area contributed by atoms with E-state index >= 15 is 0 Å². The van der Waals surface area contributed by atoms with Crippen LogP contribution in [0.1, 0.15) is 21.5 Å². The molecule has 0 atom stereocenters. The predicted octanol–water partition coefficient (Wildman–Crippen LogP) is 3.98. The molecule has 4 nitrogen and oxygen atoms in total. The Hall–Kier alpha value is -2.04. The number of aryl methyl sites for hydroxylation is 2. The minimum absolute atomic E-state index is 0.133. The van der Waals surface area contributed by atoms with Crippen molar-refractivity contribution < 1.29 is 9.59 Å². The highest BCUT2D eigenvalue weighted by Gasteiger charge is 2.10. The van der Waals surface area contributed by atoms with Gasteiger partial charge in [0.25, 0.3) is 5.91 Å². The fraction of sp³-hybridized carbons (Fsp3) is 0.176. The first-order valence-electron chi connectivity index (χ1n) is 6.97. The molecule has 0 saturated carbocycles. The van der Waals surface area contributed by atoms with E-state index in [1.54, 1.807) is 6.07 Å². The van der Waals surface area contributed by atoms with E-state index in [4.69, 9.17) is 23.2 Å². The third-order valence-corrected chi connectivity index (χ3v) is 3.99. The van der Waals surface area contributed by atoms with E-state index in [1.807, 2.05) is 32.0 Å². The standard InChI is InChI=1S/C17H16Cl2N2O2/c1-10-3-6-15(11(2)7-10)21-16(22)9-20-17(23)12-4-5-13(18)14(19)8-12/h3-8H,9H2,1-2H3,(H,20,23)(H,21,22). The summed E-state index contributed by atoms with van der Waals surface area (Å²) in [6, 6.07) is 10.3. The number of carbonyl (C=O) groups is 2. The van der Waals surface area contributed by atoms with Crippen LogP contribution >= 0.6 is 23.2 Å². The van der Waals surface area contributed by atoms with E-state index in [2.05, 4.69) is 10.6 Å². The number of anilines is 1. The minimum atomic E-state index is -0.389. The fourth-order valence-corrected chi connectivity index (χ4v) is 2.35. The van der Waals surface area contributed by atoms with Crippen molar-refractivity contribution in [1.82, 2.24) is 5.32 Å². The van der Waals surface area contributed by atoms with E-state index in [-0.39, 0.29) is 18.4 Å². The molecule has 0 aliphatic rings. The molecule has 2 rings (SSSR count). The Morgan fingerprint density at radius 2 is 1.74 bits per heavy atom. The summed E-state index contributed by atoms with van der Waals surface area (Å²) in [5.74, 6) is -0.690. The second kappa shape index (κ2) is 7.49. The van der Waals surface area contributed by atoms with Crippen LogP contribution in [0.2, 0.25) is 10.0 Å². The number of hydrogen-bond acceptors (Lipinski definition) is 2. The minimum Gasteiger partial charge on any atom is -0.343 e. The average Bonchev–Trinajstić information content (AvgIpc) is 2.50. The summed E-state index contributed by atoms with van der Waals surface area (Å²) in [7, 11) is 0. The van der Waals surface area contributed by atoms with Crippen LogP contribution < -0.4 is 10.6 Å². The number of rotatable bonds is 4. The van der Waals surface area contributed by atoms with Crippen LogP contribution in [-0.2, 0) is 4.79 Å². The number of halogens is 2. The number of benzene rings is 2. The Labute approximate surface area is 144 Å². The number of carbonyl (C=O) groups excluding carboxylic acids is 2. The van der Waals surface area contributed by atoms with Gasteiger partial charge in [0.15, 0.2) is 0 Å². The SMILES string of the molecule is Cc1ccc(NC(=O)CNC(=O)c2ccc(Cl)c(Cl)c2)c(C)c1. The maximum atomic E-state index is 12.0. The van der Waals surface area contributed by atoms with Gasteiger partial charge in [0.2, 0.25) is 5.91 Å². The molecule has 120 valence electrons. The van der Waals surface area contributed by atoms with Crippen LogP contribution in [0.4, 0.5) is 5.69 Å². The highest BCUT2D eigenvalue weighted by Crippen LogP contribution is 2.22. The van der Waals surface area contributed by atoms with Crippen molar-refractivity contribution in [3.63, 3.8) is 0 Å². The lowest BCUT2D eigenvalue weighted by Crippen LogP contribution is -2.33. The second-order valence-corrected chi connectivity index (χ2v) is 5.99.